The van der Waals surface area contributed by atoms with Crippen LogP contribution in [-0.2, 0) is 0 Å². The van der Waals surface area contributed by atoms with Crippen LogP contribution in [0.2, 0.25) is 0 Å². The van der Waals surface area contributed by atoms with Crippen LogP contribution in [0.4, 0.5) is 0 Å². The van der Waals surface area contributed by atoms with E-state index in [-0.39, 0.29) is 0 Å². The lowest BCUT2D eigenvalue weighted by molar-refractivity contribution is 0.592. The van der Waals surface area contributed by atoms with Gasteiger partial charge in [-0.2, -0.15) is 0 Å². The van der Waals surface area contributed by atoms with Crippen LogP contribution in [0, 0.1) is 0 Å². The molecule has 0 unspecified atom stereocenters. The van der Waals surface area contributed by atoms with E-state index in [9.17, 15) is 0 Å². The van der Waals surface area contributed by atoms with Gasteiger partial charge in [-0.15, -0.1) is 0 Å². The molecule has 1 aliphatic carbocycles. The molecular weight excluding hydrogens is 156 g/mol. The Morgan fingerprint density at radius 1 is 1.00 bits per heavy atom. The molecule has 0 radical (unpaired) electrons. The first-order valence-electron chi connectivity index (χ1n) is 6.11. The molecule has 0 aliphatic heterocycles. The van der Waals surface area contributed by atoms with Gasteiger partial charge in [-0.3, -0.25) is 0 Å². The highest BCUT2D eigenvalue weighted by atomic mass is 14.1. The van der Waals surface area contributed by atoms with Crippen molar-refractivity contribution in [3.63, 3.8) is 0 Å². The van der Waals surface area contributed by atoms with Gasteiger partial charge >= 0.3 is 0 Å². The normalized spacial score (nSPS) is 17.5. The molecule has 76 valence electrons. The number of allylic oxidation sites excluding steroid dienone is 2. The third-order valence-electron chi connectivity index (χ3n) is 2.99. The zero-order chi connectivity index (χ0) is 9.36. The van der Waals surface area contributed by atoms with E-state index in [1.165, 1.54) is 64.2 Å². The molecule has 0 spiro atoms. The summed E-state index contributed by atoms with van der Waals surface area (Å²) in [6, 6.07) is 0. The van der Waals surface area contributed by atoms with E-state index in [1.54, 1.807) is 5.57 Å². The van der Waals surface area contributed by atoms with E-state index in [1.807, 2.05) is 0 Å². The minimum absolute atomic E-state index is 1.34. The maximum absolute atomic E-state index is 2.52. The average Bonchev–Trinajstić information content (AvgIpc) is 2.19. The minimum Gasteiger partial charge on any atom is -0.0853 e. The van der Waals surface area contributed by atoms with Gasteiger partial charge in [-0.05, 0) is 38.5 Å². The summed E-state index contributed by atoms with van der Waals surface area (Å²) in [6.45, 7) is 2.28. The highest BCUT2D eigenvalue weighted by Gasteiger charge is 2.03. The van der Waals surface area contributed by atoms with Crippen LogP contribution >= 0.6 is 0 Å². The number of hydrogen-bond donors (Lipinski definition) is 0. The Hall–Kier alpha value is -0.260. The summed E-state index contributed by atoms with van der Waals surface area (Å²) < 4.78 is 0. The van der Waals surface area contributed by atoms with Gasteiger partial charge in [0.2, 0.25) is 0 Å². The molecule has 0 amide bonds. The van der Waals surface area contributed by atoms with Crippen LogP contribution in [0.3, 0.4) is 0 Å². The maximum atomic E-state index is 2.52. The van der Waals surface area contributed by atoms with Gasteiger partial charge in [-0.25, -0.2) is 0 Å². The second-order valence-electron chi connectivity index (χ2n) is 4.27. The first-order valence-corrected chi connectivity index (χ1v) is 6.11. The highest BCUT2D eigenvalue weighted by Crippen LogP contribution is 2.23. The summed E-state index contributed by atoms with van der Waals surface area (Å²) in [5, 5.41) is 0. The number of rotatable bonds is 5. The van der Waals surface area contributed by atoms with E-state index in [2.05, 4.69) is 13.0 Å². The van der Waals surface area contributed by atoms with Crippen molar-refractivity contribution < 1.29 is 0 Å². The van der Waals surface area contributed by atoms with Gasteiger partial charge in [0.15, 0.2) is 0 Å². The van der Waals surface area contributed by atoms with Gasteiger partial charge in [0, 0.05) is 0 Å². The average molecular weight is 180 g/mol. The van der Waals surface area contributed by atoms with Crippen LogP contribution in [0.5, 0.6) is 0 Å². The molecule has 1 saturated carbocycles. The van der Waals surface area contributed by atoms with Crippen molar-refractivity contribution in [3.05, 3.63) is 11.6 Å². The second kappa shape index (κ2) is 7.17. The SMILES string of the molecule is CCCCCCC=C1CCCCC1. The van der Waals surface area contributed by atoms with Crippen LogP contribution in [0.1, 0.15) is 71.1 Å². The summed E-state index contributed by atoms with van der Waals surface area (Å²) in [6.07, 6.45) is 16.6. The Kier molecular flexibility index (Phi) is 5.97. The summed E-state index contributed by atoms with van der Waals surface area (Å²) in [5.41, 5.74) is 1.75. The number of unbranched alkanes of at least 4 members (excludes halogenated alkanes) is 4. The fourth-order valence-corrected chi connectivity index (χ4v) is 2.09. The lowest BCUT2D eigenvalue weighted by Gasteiger charge is -2.13. The summed E-state index contributed by atoms with van der Waals surface area (Å²) in [5.74, 6) is 0. The van der Waals surface area contributed by atoms with E-state index in [4.69, 9.17) is 0 Å². The fourth-order valence-electron chi connectivity index (χ4n) is 2.09. The largest absolute Gasteiger partial charge is 0.0853 e. The summed E-state index contributed by atoms with van der Waals surface area (Å²) in [4.78, 5) is 0. The lowest BCUT2D eigenvalue weighted by atomic mass is 9.94. The van der Waals surface area contributed by atoms with Crippen LogP contribution in [-0.4, -0.2) is 0 Å². The number of hydrogen-bond acceptors (Lipinski definition) is 0. The van der Waals surface area contributed by atoms with Crippen molar-refractivity contribution in [1.29, 1.82) is 0 Å². The van der Waals surface area contributed by atoms with Crippen molar-refractivity contribution in [1.82, 2.24) is 0 Å². The molecule has 0 aromatic rings. The zero-order valence-electron chi connectivity index (χ0n) is 9.15. The van der Waals surface area contributed by atoms with Crippen molar-refractivity contribution in [2.45, 2.75) is 71.1 Å². The Morgan fingerprint density at radius 2 is 1.77 bits per heavy atom. The quantitative estimate of drug-likeness (QED) is 0.419. The lowest BCUT2D eigenvalue weighted by Crippen LogP contribution is -1.93. The molecule has 0 atom stereocenters. The standard InChI is InChI=1S/C13H24/c1-2-3-4-5-7-10-13-11-8-6-9-12-13/h10H,2-9,11-12H2,1H3. The van der Waals surface area contributed by atoms with Gasteiger partial charge in [0.25, 0.3) is 0 Å². The molecule has 1 rings (SSSR count). The van der Waals surface area contributed by atoms with Crippen molar-refractivity contribution in [3.8, 4) is 0 Å². The molecule has 13 heavy (non-hydrogen) atoms. The van der Waals surface area contributed by atoms with Crippen LogP contribution in [0.25, 0.3) is 0 Å². The third-order valence-corrected chi connectivity index (χ3v) is 2.99. The van der Waals surface area contributed by atoms with Crippen LogP contribution < -0.4 is 0 Å². The topological polar surface area (TPSA) is 0 Å². The molecule has 0 bridgehead atoms. The molecule has 1 fully saturated rings. The predicted molar refractivity (Wildman–Crippen MR) is 59.9 cm³/mol. The molecule has 0 saturated heterocycles. The first kappa shape index (κ1) is 10.8. The highest BCUT2D eigenvalue weighted by molar-refractivity contribution is 5.03. The van der Waals surface area contributed by atoms with E-state index in [0.29, 0.717) is 0 Å². The molecule has 0 aromatic carbocycles. The summed E-state index contributed by atoms with van der Waals surface area (Å²) in [7, 11) is 0. The fraction of sp³-hybridized carbons (Fsp3) is 0.846. The van der Waals surface area contributed by atoms with Gasteiger partial charge in [0.1, 0.15) is 0 Å². The first-order chi connectivity index (χ1) is 6.43. The van der Waals surface area contributed by atoms with Gasteiger partial charge in [-0.1, -0.05) is 44.3 Å². The second-order valence-corrected chi connectivity index (χ2v) is 4.27. The smallest absolute Gasteiger partial charge is 0.0320 e. The zero-order valence-corrected chi connectivity index (χ0v) is 9.15. The molecule has 1 aliphatic rings. The van der Waals surface area contributed by atoms with Crippen molar-refractivity contribution in [2.75, 3.05) is 0 Å². The summed E-state index contributed by atoms with van der Waals surface area (Å²) >= 11 is 0. The van der Waals surface area contributed by atoms with Gasteiger partial charge in [0.05, 0.1) is 0 Å². The molecular formula is C13H24. The molecule has 0 heteroatoms. The van der Waals surface area contributed by atoms with Gasteiger partial charge < -0.3 is 0 Å². The Balaban J connectivity index is 2.01. The molecule has 0 nitrogen and oxygen atoms in total. The molecule has 0 heterocycles. The molecule has 0 N–H and O–H groups in total. The van der Waals surface area contributed by atoms with E-state index in [0.717, 1.165) is 0 Å². The Morgan fingerprint density at radius 3 is 2.46 bits per heavy atom. The third kappa shape index (κ3) is 5.13. The van der Waals surface area contributed by atoms with Crippen molar-refractivity contribution in [2.24, 2.45) is 0 Å². The predicted octanol–water partition coefficient (Wildman–Crippen LogP) is 4.85. The maximum Gasteiger partial charge on any atom is -0.0320 e. The molecule has 0 aromatic heterocycles. The Bertz CT molecular complexity index is 136. The Labute approximate surface area is 83.4 Å². The monoisotopic (exact) mass is 180 g/mol. The minimum atomic E-state index is 1.34. The van der Waals surface area contributed by atoms with Crippen molar-refractivity contribution >= 4 is 0 Å². The van der Waals surface area contributed by atoms with E-state index < -0.39 is 0 Å². The van der Waals surface area contributed by atoms with Crippen LogP contribution in [0.15, 0.2) is 11.6 Å². The van der Waals surface area contributed by atoms with E-state index >= 15 is 0 Å².